The van der Waals surface area contributed by atoms with Gasteiger partial charge in [-0.15, -0.1) is 0 Å². The lowest BCUT2D eigenvalue weighted by Crippen LogP contribution is -2.54. The van der Waals surface area contributed by atoms with Crippen molar-refractivity contribution < 1.29 is 14.5 Å². The predicted molar refractivity (Wildman–Crippen MR) is 128 cm³/mol. The van der Waals surface area contributed by atoms with Gasteiger partial charge in [-0.25, -0.2) is 0 Å². The largest absolute Gasteiger partial charge is 0.489 e. The van der Waals surface area contributed by atoms with Crippen LogP contribution in [0.2, 0.25) is 0 Å². The van der Waals surface area contributed by atoms with Crippen LogP contribution in [0.1, 0.15) is 29.5 Å². The molecule has 7 nitrogen and oxygen atoms in total. The average molecular weight is 508 g/mol. The number of para-hydroxylation sites is 2. The van der Waals surface area contributed by atoms with Gasteiger partial charge in [0.2, 0.25) is 0 Å². The molecular weight excluding hydrogens is 486 g/mol. The van der Waals surface area contributed by atoms with E-state index in [4.69, 9.17) is 4.74 Å². The van der Waals surface area contributed by atoms with E-state index in [0.717, 1.165) is 10.0 Å². The first kappa shape index (κ1) is 21.6. The fraction of sp³-hybridized carbons (Fsp3) is 0.240. The van der Waals surface area contributed by atoms with Crippen LogP contribution in [0.3, 0.4) is 0 Å². The number of carbonyl (C=O) groups is 1. The van der Waals surface area contributed by atoms with Crippen molar-refractivity contribution in [3.8, 4) is 5.75 Å². The number of carbonyl (C=O) groups excluding carboxylic acids is 1. The van der Waals surface area contributed by atoms with E-state index < -0.39 is 23.4 Å². The number of ether oxygens (including phenoxy) is 1. The fourth-order valence-electron chi connectivity index (χ4n) is 5.15. The highest BCUT2D eigenvalue weighted by Gasteiger charge is 2.67. The zero-order chi connectivity index (χ0) is 23.2. The SMILES string of the molecule is C[C@@H]1N[C@]2(C(=O)Nc3ccccc32)[C@H]([N+](=O)[O-])[C@H]1c1ccccc1OCc1ccc(Br)cc1. The highest BCUT2D eigenvalue weighted by atomic mass is 79.9. The van der Waals surface area contributed by atoms with Crippen molar-refractivity contribution in [2.75, 3.05) is 5.32 Å². The molecule has 1 amide bonds. The molecule has 1 saturated heterocycles. The van der Waals surface area contributed by atoms with E-state index in [1.165, 1.54) is 0 Å². The van der Waals surface area contributed by atoms with Gasteiger partial charge in [0.25, 0.3) is 11.9 Å². The van der Waals surface area contributed by atoms with Crippen LogP contribution < -0.4 is 15.4 Å². The van der Waals surface area contributed by atoms with Crippen molar-refractivity contribution in [2.45, 2.75) is 37.1 Å². The third kappa shape index (κ3) is 3.50. The Hall–Kier alpha value is -3.23. The van der Waals surface area contributed by atoms with Crippen molar-refractivity contribution in [3.63, 3.8) is 0 Å². The Morgan fingerprint density at radius 2 is 1.76 bits per heavy atom. The molecule has 0 aromatic heterocycles. The van der Waals surface area contributed by atoms with Crippen LogP contribution in [0, 0.1) is 10.1 Å². The van der Waals surface area contributed by atoms with Gasteiger partial charge >= 0.3 is 0 Å². The number of halogens is 1. The van der Waals surface area contributed by atoms with Gasteiger partial charge in [0.15, 0.2) is 5.54 Å². The summed E-state index contributed by atoms with van der Waals surface area (Å²) < 4.78 is 7.11. The lowest BCUT2D eigenvalue weighted by atomic mass is 9.78. The number of hydrogen-bond acceptors (Lipinski definition) is 5. The average Bonchev–Trinajstić information content (AvgIpc) is 3.27. The van der Waals surface area contributed by atoms with Crippen LogP contribution in [0.5, 0.6) is 5.75 Å². The summed E-state index contributed by atoms with van der Waals surface area (Å²) in [4.78, 5) is 25.4. The van der Waals surface area contributed by atoms with Crippen molar-refractivity contribution in [2.24, 2.45) is 0 Å². The Morgan fingerprint density at radius 3 is 2.52 bits per heavy atom. The van der Waals surface area contributed by atoms with E-state index in [-0.39, 0.29) is 11.0 Å². The molecule has 0 bridgehead atoms. The minimum atomic E-state index is -1.44. The lowest BCUT2D eigenvalue weighted by molar-refractivity contribution is -0.532. The molecule has 8 heteroatoms. The number of anilines is 1. The van der Waals surface area contributed by atoms with E-state index in [1.54, 1.807) is 24.3 Å². The molecule has 1 fully saturated rings. The number of nitrogens with one attached hydrogen (secondary N) is 2. The van der Waals surface area contributed by atoms with Crippen LogP contribution in [0.15, 0.2) is 77.3 Å². The molecule has 3 aromatic rings. The molecule has 2 aliphatic heterocycles. The normalized spacial score (nSPS) is 25.6. The van der Waals surface area contributed by atoms with Crippen molar-refractivity contribution in [1.82, 2.24) is 5.32 Å². The highest BCUT2D eigenvalue weighted by molar-refractivity contribution is 9.10. The quantitative estimate of drug-likeness (QED) is 0.388. The Bertz CT molecular complexity index is 1230. The maximum atomic E-state index is 13.2. The molecule has 2 heterocycles. The first-order chi connectivity index (χ1) is 15.9. The summed E-state index contributed by atoms with van der Waals surface area (Å²) in [6.07, 6.45) is 0. The first-order valence-corrected chi connectivity index (χ1v) is 11.5. The van der Waals surface area contributed by atoms with E-state index in [1.807, 2.05) is 55.5 Å². The van der Waals surface area contributed by atoms with E-state index in [2.05, 4.69) is 26.6 Å². The minimum absolute atomic E-state index is 0.325. The Balaban J connectivity index is 1.54. The second kappa shape index (κ2) is 8.28. The lowest BCUT2D eigenvalue weighted by Gasteiger charge is -2.26. The van der Waals surface area contributed by atoms with Gasteiger partial charge in [0.1, 0.15) is 12.4 Å². The summed E-state index contributed by atoms with van der Waals surface area (Å²) in [5.41, 5.74) is 1.47. The topological polar surface area (TPSA) is 93.5 Å². The highest BCUT2D eigenvalue weighted by Crippen LogP contribution is 2.50. The van der Waals surface area contributed by atoms with Crippen LogP contribution in [0.25, 0.3) is 0 Å². The second-order valence-electron chi connectivity index (χ2n) is 8.45. The predicted octanol–water partition coefficient (Wildman–Crippen LogP) is 4.60. The van der Waals surface area contributed by atoms with E-state index in [9.17, 15) is 14.9 Å². The molecule has 1 spiro atoms. The summed E-state index contributed by atoms with van der Waals surface area (Å²) in [6, 6.07) is 20.8. The van der Waals surface area contributed by atoms with E-state index >= 15 is 0 Å². The minimum Gasteiger partial charge on any atom is -0.489 e. The smallest absolute Gasteiger partial charge is 0.256 e. The number of hydrogen-bond donors (Lipinski definition) is 2. The molecule has 0 unspecified atom stereocenters. The maximum Gasteiger partial charge on any atom is 0.256 e. The van der Waals surface area contributed by atoms with Crippen LogP contribution in [-0.4, -0.2) is 22.9 Å². The monoisotopic (exact) mass is 507 g/mol. The summed E-state index contributed by atoms with van der Waals surface area (Å²) in [6.45, 7) is 2.21. The molecule has 0 saturated carbocycles. The number of fused-ring (bicyclic) bond motifs is 2. The molecule has 5 rings (SSSR count). The Labute approximate surface area is 199 Å². The fourth-order valence-corrected chi connectivity index (χ4v) is 5.42. The second-order valence-corrected chi connectivity index (χ2v) is 9.37. The van der Waals surface area contributed by atoms with E-state index in [0.29, 0.717) is 29.2 Å². The summed E-state index contributed by atoms with van der Waals surface area (Å²) >= 11 is 3.43. The van der Waals surface area contributed by atoms with Crippen molar-refractivity contribution in [3.05, 3.63) is 104 Å². The third-order valence-corrected chi connectivity index (χ3v) is 7.08. The van der Waals surface area contributed by atoms with Crippen molar-refractivity contribution in [1.29, 1.82) is 0 Å². The number of benzene rings is 3. The van der Waals surface area contributed by atoms with Gasteiger partial charge in [-0.05, 0) is 36.8 Å². The Morgan fingerprint density at radius 1 is 1.06 bits per heavy atom. The first-order valence-electron chi connectivity index (χ1n) is 10.7. The van der Waals surface area contributed by atoms with Crippen LogP contribution in [-0.2, 0) is 16.9 Å². The van der Waals surface area contributed by atoms with Gasteiger partial charge in [-0.2, -0.15) is 0 Å². The standard InChI is InChI=1S/C25H22BrN3O4/c1-15-22(18-6-2-5-9-21(18)33-14-16-10-12-17(26)13-11-16)23(29(31)32)25(28-15)19-7-3-4-8-20(19)27-24(25)30/h2-13,15,22-23,28H,14H2,1H3,(H,27,30)/t15-,22+,23+,25-/m0/s1. The van der Waals surface area contributed by atoms with Crippen molar-refractivity contribution >= 4 is 27.5 Å². The van der Waals surface area contributed by atoms with Gasteiger partial charge in [0.05, 0.1) is 5.92 Å². The number of nitrogens with zero attached hydrogens (tertiary/aromatic N) is 1. The van der Waals surface area contributed by atoms with Gasteiger partial charge in [-0.1, -0.05) is 64.5 Å². The molecule has 3 aromatic carbocycles. The zero-order valence-electron chi connectivity index (χ0n) is 17.8. The summed E-state index contributed by atoms with van der Waals surface area (Å²) in [5, 5.41) is 18.7. The molecule has 0 aliphatic carbocycles. The molecule has 2 N–H and O–H groups in total. The molecular formula is C25H22BrN3O4. The molecule has 33 heavy (non-hydrogen) atoms. The maximum absolute atomic E-state index is 13.2. The molecule has 168 valence electrons. The van der Waals surface area contributed by atoms with Gasteiger partial charge in [-0.3, -0.25) is 20.2 Å². The number of amides is 1. The van der Waals surface area contributed by atoms with Crippen LogP contribution in [0.4, 0.5) is 5.69 Å². The van der Waals surface area contributed by atoms with Crippen LogP contribution >= 0.6 is 15.9 Å². The number of rotatable bonds is 5. The third-order valence-electron chi connectivity index (χ3n) is 6.55. The zero-order valence-corrected chi connectivity index (χ0v) is 19.4. The number of nitro groups is 1. The summed E-state index contributed by atoms with van der Waals surface area (Å²) in [7, 11) is 0. The Kier molecular flexibility index (Phi) is 5.42. The molecule has 2 aliphatic rings. The molecule has 4 atom stereocenters. The summed E-state index contributed by atoms with van der Waals surface area (Å²) in [5.74, 6) is -0.388. The van der Waals surface area contributed by atoms with Gasteiger partial charge < -0.3 is 10.1 Å². The van der Waals surface area contributed by atoms with Gasteiger partial charge in [0, 0.05) is 32.3 Å². The molecule has 0 radical (unpaired) electrons.